The third-order valence-corrected chi connectivity index (χ3v) is 3.91. The Bertz CT molecular complexity index is 935. The molecule has 0 unspecified atom stereocenters. The van der Waals surface area contributed by atoms with E-state index in [0.717, 1.165) is 0 Å². The molecule has 3 rings (SSSR count). The van der Waals surface area contributed by atoms with Crippen LogP contribution in [0.25, 0.3) is 5.65 Å². The third-order valence-electron chi connectivity index (χ3n) is 3.50. The molecular formula is C16H15F3N4OS. The number of benzene rings is 1. The molecule has 0 amide bonds. The van der Waals surface area contributed by atoms with E-state index >= 15 is 0 Å². The fourth-order valence-corrected chi connectivity index (χ4v) is 2.74. The van der Waals surface area contributed by atoms with Crippen LogP contribution in [0.15, 0.2) is 48.7 Å². The summed E-state index contributed by atoms with van der Waals surface area (Å²) in [5, 5.41) is 4.40. The van der Waals surface area contributed by atoms with Crippen molar-refractivity contribution in [2.45, 2.75) is 19.6 Å². The molecule has 0 fully saturated rings. The zero-order valence-corrected chi connectivity index (χ0v) is 14.1. The summed E-state index contributed by atoms with van der Waals surface area (Å²) in [6, 6.07) is 11.6. The number of alkyl halides is 3. The maximum absolute atomic E-state index is 12.5. The van der Waals surface area contributed by atoms with Crippen LogP contribution in [0.4, 0.5) is 13.2 Å². The summed E-state index contributed by atoms with van der Waals surface area (Å²) in [5.41, 5.74) is 1.14. The second-order valence-electron chi connectivity index (χ2n) is 5.52. The maximum atomic E-state index is 12.5. The standard InChI is InChI=1S/C16H15F3N4OS/c1-21(10-12-6-2-3-7-13(12)24-16(17,18)19)11-23-15(25)22-9-5-4-8-14(22)20-23/h2-9H,10-11H2,1H3. The topological polar surface area (TPSA) is 34.7 Å². The summed E-state index contributed by atoms with van der Waals surface area (Å²) in [6.07, 6.45) is -2.91. The molecule has 0 radical (unpaired) electrons. The molecule has 3 aromatic rings. The van der Waals surface area contributed by atoms with E-state index < -0.39 is 6.36 Å². The number of pyridine rings is 1. The van der Waals surface area contributed by atoms with Crippen molar-refractivity contribution in [2.75, 3.05) is 7.05 Å². The van der Waals surface area contributed by atoms with E-state index in [0.29, 0.717) is 22.7 Å². The minimum Gasteiger partial charge on any atom is -0.405 e. The molecule has 0 atom stereocenters. The summed E-state index contributed by atoms with van der Waals surface area (Å²) in [5.74, 6) is -0.208. The van der Waals surface area contributed by atoms with Gasteiger partial charge in [0.05, 0.1) is 6.67 Å². The van der Waals surface area contributed by atoms with Crippen molar-refractivity contribution in [2.24, 2.45) is 0 Å². The Hall–Kier alpha value is -2.39. The van der Waals surface area contributed by atoms with Gasteiger partial charge in [-0.2, -0.15) is 5.10 Å². The minimum atomic E-state index is -4.72. The van der Waals surface area contributed by atoms with Crippen LogP contribution in [0, 0.1) is 4.77 Å². The number of fused-ring (bicyclic) bond motifs is 1. The molecular weight excluding hydrogens is 353 g/mol. The average molecular weight is 368 g/mol. The van der Waals surface area contributed by atoms with Crippen molar-refractivity contribution in [3.05, 3.63) is 59.0 Å². The molecule has 0 saturated heterocycles. The molecule has 2 aromatic heterocycles. The Labute approximate surface area is 146 Å². The number of para-hydroxylation sites is 1. The van der Waals surface area contributed by atoms with Gasteiger partial charge in [0.25, 0.3) is 0 Å². The lowest BCUT2D eigenvalue weighted by Crippen LogP contribution is -2.24. The first kappa shape index (κ1) is 17.4. The lowest BCUT2D eigenvalue weighted by molar-refractivity contribution is -0.275. The van der Waals surface area contributed by atoms with Crippen LogP contribution in [0.3, 0.4) is 0 Å². The summed E-state index contributed by atoms with van der Waals surface area (Å²) in [4.78, 5) is 1.81. The Balaban J connectivity index is 1.77. The smallest absolute Gasteiger partial charge is 0.405 e. The molecule has 9 heteroatoms. The van der Waals surface area contributed by atoms with Gasteiger partial charge >= 0.3 is 6.36 Å². The maximum Gasteiger partial charge on any atom is 0.573 e. The molecule has 0 aliphatic rings. The zero-order valence-electron chi connectivity index (χ0n) is 13.3. The van der Waals surface area contributed by atoms with Crippen LogP contribution >= 0.6 is 12.2 Å². The normalized spacial score (nSPS) is 12.0. The monoisotopic (exact) mass is 368 g/mol. The first-order valence-electron chi connectivity index (χ1n) is 7.40. The van der Waals surface area contributed by atoms with Gasteiger partial charge in [-0.3, -0.25) is 9.30 Å². The number of hydrogen-bond donors (Lipinski definition) is 0. The van der Waals surface area contributed by atoms with Gasteiger partial charge in [-0.15, -0.1) is 13.2 Å². The molecule has 0 saturated carbocycles. The number of halogens is 3. The molecule has 0 aliphatic carbocycles. The van der Waals surface area contributed by atoms with Gasteiger partial charge in [-0.05, 0) is 37.5 Å². The quantitative estimate of drug-likeness (QED) is 0.641. The van der Waals surface area contributed by atoms with Crippen molar-refractivity contribution in [1.82, 2.24) is 19.1 Å². The molecule has 2 heterocycles. The highest BCUT2D eigenvalue weighted by Crippen LogP contribution is 2.27. The van der Waals surface area contributed by atoms with E-state index in [4.69, 9.17) is 12.2 Å². The van der Waals surface area contributed by atoms with Gasteiger partial charge < -0.3 is 4.74 Å². The Morgan fingerprint density at radius 3 is 2.60 bits per heavy atom. The lowest BCUT2D eigenvalue weighted by Gasteiger charge is -2.19. The van der Waals surface area contributed by atoms with E-state index in [1.807, 2.05) is 24.4 Å². The van der Waals surface area contributed by atoms with Crippen LogP contribution < -0.4 is 4.74 Å². The third kappa shape index (κ3) is 4.18. The van der Waals surface area contributed by atoms with Crippen LogP contribution in [0.1, 0.15) is 5.56 Å². The Kier molecular flexibility index (Phi) is 4.78. The van der Waals surface area contributed by atoms with Gasteiger partial charge in [0.15, 0.2) is 5.65 Å². The molecule has 1 aromatic carbocycles. The number of hydrogen-bond acceptors (Lipinski definition) is 4. The summed E-state index contributed by atoms with van der Waals surface area (Å²) in [7, 11) is 1.77. The number of rotatable bonds is 5. The largest absolute Gasteiger partial charge is 0.573 e. The number of aromatic nitrogens is 3. The fourth-order valence-electron chi connectivity index (χ4n) is 2.49. The van der Waals surface area contributed by atoms with E-state index in [-0.39, 0.29) is 12.3 Å². The van der Waals surface area contributed by atoms with Crippen LogP contribution in [0.5, 0.6) is 5.75 Å². The molecule has 5 nitrogen and oxygen atoms in total. The van der Waals surface area contributed by atoms with Gasteiger partial charge in [-0.1, -0.05) is 24.3 Å². The van der Waals surface area contributed by atoms with Crippen molar-refractivity contribution >= 4 is 17.9 Å². The summed E-state index contributed by atoms with van der Waals surface area (Å²) < 4.78 is 45.5. The zero-order chi connectivity index (χ0) is 18.0. The van der Waals surface area contributed by atoms with E-state index in [1.54, 1.807) is 33.2 Å². The Morgan fingerprint density at radius 2 is 1.88 bits per heavy atom. The first-order chi connectivity index (χ1) is 11.8. The van der Waals surface area contributed by atoms with Crippen molar-refractivity contribution in [1.29, 1.82) is 0 Å². The van der Waals surface area contributed by atoms with Crippen molar-refractivity contribution < 1.29 is 17.9 Å². The molecule has 0 bridgehead atoms. The van der Waals surface area contributed by atoms with E-state index in [9.17, 15) is 13.2 Å². The fraction of sp³-hybridized carbons (Fsp3) is 0.250. The van der Waals surface area contributed by atoms with E-state index in [1.165, 1.54) is 12.1 Å². The molecule has 0 aliphatic heterocycles. The predicted octanol–water partition coefficient (Wildman–Crippen LogP) is 3.85. The van der Waals surface area contributed by atoms with E-state index in [2.05, 4.69) is 9.84 Å². The van der Waals surface area contributed by atoms with Gasteiger partial charge in [0.2, 0.25) is 4.77 Å². The van der Waals surface area contributed by atoms with Gasteiger partial charge in [0, 0.05) is 18.3 Å². The predicted molar refractivity (Wildman–Crippen MR) is 88.6 cm³/mol. The van der Waals surface area contributed by atoms with Crippen molar-refractivity contribution in [3.8, 4) is 5.75 Å². The number of nitrogens with zero attached hydrogens (tertiary/aromatic N) is 4. The highest BCUT2D eigenvalue weighted by Gasteiger charge is 2.32. The van der Waals surface area contributed by atoms with Gasteiger partial charge in [0.1, 0.15) is 5.75 Å². The first-order valence-corrected chi connectivity index (χ1v) is 7.81. The highest BCUT2D eigenvalue weighted by atomic mass is 32.1. The SMILES string of the molecule is CN(Cc1ccccc1OC(F)(F)F)Cn1nc2ccccn2c1=S. The van der Waals surface area contributed by atoms with Crippen LogP contribution in [-0.2, 0) is 13.2 Å². The summed E-state index contributed by atoms with van der Waals surface area (Å²) in [6.45, 7) is 0.586. The van der Waals surface area contributed by atoms with Crippen LogP contribution in [0.2, 0.25) is 0 Å². The van der Waals surface area contributed by atoms with Crippen LogP contribution in [-0.4, -0.2) is 32.5 Å². The lowest BCUT2D eigenvalue weighted by atomic mass is 10.2. The average Bonchev–Trinajstić information content (AvgIpc) is 2.84. The minimum absolute atomic E-state index is 0.208. The summed E-state index contributed by atoms with van der Waals surface area (Å²) >= 11 is 5.37. The molecule has 0 spiro atoms. The van der Waals surface area contributed by atoms with Crippen molar-refractivity contribution in [3.63, 3.8) is 0 Å². The highest BCUT2D eigenvalue weighted by molar-refractivity contribution is 7.71. The Morgan fingerprint density at radius 1 is 1.16 bits per heavy atom. The second-order valence-corrected chi connectivity index (χ2v) is 5.89. The second kappa shape index (κ2) is 6.85. The molecule has 132 valence electrons. The number of ether oxygens (including phenoxy) is 1. The molecule has 0 N–H and O–H groups in total. The molecule has 25 heavy (non-hydrogen) atoms. The van der Waals surface area contributed by atoms with Gasteiger partial charge in [-0.25, -0.2) is 4.68 Å².